The van der Waals surface area contributed by atoms with Gasteiger partial charge in [0, 0.05) is 24.3 Å². The van der Waals surface area contributed by atoms with Crippen molar-refractivity contribution in [3.8, 4) is 0 Å². The van der Waals surface area contributed by atoms with E-state index >= 15 is 0 Å². The van der Waals surface area contributed by atoms with Gasteiger partial charge in [0.15, 0.2) is 10.3 Å². The van der Waals surface area contributed by atoms with Crippen molar-refractivity contribution in [2.24, 2.45) is 10.9 Å². The van der Waals surface area contributed by atoms with Crippen molar-refractivity contribution in [1.29, 1.82) is 0 Å². The standard InChI is InChI=1S/C21H34N4S2/c26-20(23-17-9-5-3-6-10-17)24-19-11-7-2-1-4-8-16(19)14-18-15-27-21-22-12-13-25(18)21/h15-17,19H,1-14H2,(H2,23,24,26). The van der Waals surface area contributed by atoms with Crippen LogP contribution >= 0.6 is 24.0 Å². The minimum Gasteiger partial charge on any atom is -0.360 e. The summed E-state index contributed by atoms with van der Waals surface area (Å²) in [4.78, 5) is 7.06. The van der Waals surface area contributed by atoms with Crippen LogP contribution in [0.1, 0.15) is 77.0 Å². The molecule has 27 heavy (non-hydrogen) atoms. The minimum absolute atomic E-state index is 0.503. The van der Waals surface area contributed by atoms with E-state index in [1.165, 1.54) is 81.5 Å². The number of aliphatic imine (C=N–C) groups is 1. The lowest BCUT2D eigenvalue weighted by Gasteiger charge is -2.34. The molecular formula is C21H34N4S2. The maximum Gasteiger partial charge on any atom is 0.167 e. The Labute approximate surface area is 174 Å². The van der Waals surface area contributed by atoms with Gasteiger partial charge in [-0.15, -0.1) is 0 Å². The molecule has 0 radical (unpaired) electrons. The molecular weight excluding hydrogens is 372 g/mol. The molecule has 6 heteroatoms. The van der Waals surface area contributed by atoms with E-state index in [2.05, 4.69) is 25.9 Å². The third-order valence-corrected chi connectivity index (χ3v) is 7.77. The van der Waals surface area contributed by atoms with Gasteiger partial charge in [0.2, 0.25) is 0 Å². The highest BCUT2D eigenvalue weighted by molar-refractivity contribution is 8.16. The molecule has 2 fully saturated rings. The van der Waals surface area contributed by atoms with Gasteiger partial charge in [-0.1, -0.05) is 56.7 Å². The monoisotopic (exact) mass is 406 g/mol. The Morgan fingerprint density at radius 2 is 1.78 bits per heavy atom. The molecule has 4 aliphatic rings. The van der Waals surface area contributed by atoms with E-state index in [-0.39, 0.29) is 0 Å². The second kappa shape index (κ2) is 9.64. The molecule has 2 unspecified atom stereocenters. The Bertz CT molecular complexity index is 583. The predicted octanol–water partition coefficient (Wildman–Crippen LogP) is 4.77. The smallest absolute Gasteiger partial charge is 0.167 e. The van der Waals surface area contributed by atoms with Crippen molar-refractivity contribution >= 4 is 34.3 Å². The van der Waals surface area contributed by atoms with Crippen molar-refractivity contribution in [2.75, 3.05) is 13.1 Å². The first-order valence-corrected chi connectivity index (χ1v) is 12.3. The van der Waals surface area contributed by atoms with Crippen molar-refractivity contribution in [2.45, 2.75) is 89.1 Å². The Morgan fingerprint density at radius 1 is 1.04 bits per heavy atom. The number of allylic oxidation sites excluding steroid dienone is 1. The third kappa shape index (κ3) is 5.20. The fourth-order valence-electron chi connectivity index (χ4n) is 5.04. The highest BCUT2D eigenvalue weighted by atomic mass is 32.2. The van der Waals surface area contributed by atoms with E-state index in [0.29, 0.717) is 18.0 Å². The molecule has 0 amide bonds. The summed E-state index contributed by atoms with van der Waals surface area (Å²) in [5.41, 5.74) is 1.49. The predicted molar refractivity (Wildman–Crippen MR) is 120 cm³/mol. The first kappa shape index (κ1) is 19.6. The molecule has 4 nitrogen and oxygen atoms in total. The van der Waals surface area contributed by atoms with Crippen LogP contribution in [0.2, 0.25) is 0 Å². The summed E-state index contributed by atoms with van der Waals surface area (Å²) < 4.78 is 0. The molecule has 2 saturated carbocycles. The van der Waals surface area contributed by atoms with Crippen LogP contribution in [0.3, 0.4) is 0 Å². The first-order valence-electron chi connectivity index (χ1n) is 11.0. The molecule has 0 bridgehead atoms. The highest BCUT2D eigenvalue weighted by Crippen LogP contribution is 2.36. The number of thioether (sulfide) groups is 1. The zero-order valence-corrected chi connectivity index (χ0v) is 18.1. The summed E-state index contributed by atoms with van der Waals surface area (Å²) >= 11 is 7.55. The second-order valence-corrected chi connectivity index (χ2v) is 9.80. The molecule has 150 valence electrons. The molecule has 2 aliphatic heterocycles. The van der Waals surface area contributed by atoms with Gasteiger partial charge in [-0.3, -0.25) is 4.99 Å². The Morgan fingerprint density at radius 3 is 2.63 bits per heavy atom. The van der Waals surface area contributed by atoms with Gasteiger partial charge in [0.05, 0.1) is 6.54 Å². The molecule has 2 heterocycles. The number of hydrogen-bond donors (Lipinski definition) is 2. The molecule has 2 aliphatic carbocycles. The molecule has 4 rings (SSSR count). The number of nitrogens with one attached hydrogen (secondary N) is 2. The third-order valence-electron chi connectivity index (χ3n) is 6.59. The normalized spacial score (nSPS) is 29.4. The van der Waals surface area contributed by atoms with E-state index in [9.17, 15) is 0 Å². The fourth-order valence-corrected chi connectivity index (χ4v) is 6.33. The second-order valence-electron chi connectivity index (χ2n) is 8.56. The van der Waals surface area contributed by atoms with E-state index < -0.39 is 0 Å². The van der Waals surface area contributed by atoms with E-state index in [0.717, 1.165) is 24.6 Å². The maximum atomic E-state index is 5.73. The van der Waals surface area contributed by atoms with Crippen LogP contribution in [0.15, 0.2) is 16.1 Å². The summed E-state index contributed by atoms with van der Waals surface area (Å²) in [6.45, 7) is 2.03. The van der Waals surface area contributed by atoms with Gasteiger partial charge in [-0.05, 0) is 55.6 Å². The molecule has 0 aromatic carbocycles. The zero-order chi connectivity index (χ0) is 18.5. The average molecular weight is 407 g/mol. The lowest BCUT2D eigenvalue weighted by atomic mass is 9.84. The number of rotatable bonds is 4. The maximum absolute atomic E-state index is 5.73. The molecule has 0 saturated heterocycles. The lowest BCUT2D eigenvalue weighted by molar-refractivity contribution is 0.293. The van der Waals surface area contributed by atoms with Crippen LogP contribution < -0.4 is 10.6 Å². The summed E-state index contributed by atoms with van der Waals surface area (Å²) in [6.07, 6.45) is 15.8. The summed E-state index contributed by atoms with van der Waals surface area (Å²) in [5.74, 6) is 0.670. The van der Waals surface area contributed by atoms with Crippen LogP contribution in [0, 0.1) is 5.92 Å². The summed E-state index contributed by atoms with van der Waals surface area (Å²) in [5, 5.41) is 11.8. The summed E-state index contributed by atoms with van der Waals surface area (Å²) in [7, 11) is 0. The highest BCUT2D eigenvalue weighted by Gasteiger charge is 2.31. The van der Waals surface area contributed by atoms with Gasteiger partial charge >= 0.3 is 0 Å². The number of thiocarbonyl (C=S) groups is 1. The van der Waals surface area contributed by atoms with Gasteiger partial charge in [0.25, 0.3) is 0 Å². The molecule has 2 atom stereocenters. The van der Waals surface area contributed by atoms with Crippen LogP contribution in [-0.4, -0.2) is 40.4 Å². The van der Waals surface area contributed by atoms with Crippen molar-refractivity contribution in [3.05, 3.63) is 11.1 Å². The first-order chi connectivity index (χ1) is 13.3. The topological polar surface area (TPSA) is 39.7 Å². The molecule has 0 aromatic heterocycles. The van der Waals surface area contributed by atoms with Crippen molar-refractivity contribution in [1.82, 2.24) is 15.5 Å². The molecule has 2 N–H and O–H groups in total. The SMILES string of the molecule is S=C(NC1CCCCC1)NC1CCCCCCC1CC1=CSC2=NCCN12. The fraction of sp³-hybridized carbons (Fsp3) is 0.810. The molecule has 0 aromatic rings. The number of fused-ring (bicyclic) bond motifs is 1. The largest absolute Gasteiger partial charge is 0.360 e. The number of nitrogens with zero attached hydrogens (tertiary/aromatic N) is 2. The van der Waals surface area contributed by atoms with Crippen molar-refractivity contribution in [3.63, 3.8) is 0 Å². The van der Waals surface area contributed by atoms with Gasteiger partial charge in [-0.2, -0.15) is 0 Å². The van der Waals surface area contributed by atoms with Crippen molar-refractivity contribution < 1.29 is 0 Å². The number of amidine groups is 1. The van der Waals surface area contributed by atoms with Gasteiger partial charge in [0.1, 0.15) is 0 Å². The quantitative estimate of drug-likeness (QED) is 0.658. The summed E-state index contributed by atoms with van der Waals surface area (Å²) in [6, 6.07) is 1.09. The number of hydrogen-bond acceptors (Lipinski definition) is 4. The van der Waals surface area contributed by atoms with Gasteiger partial charge in [-0.25, -0.2) is 0 Å². The average Bonchev–Trinajstić information content (AvgIpc) is 3.26. The van der Waals surface area contributed by atoms with Crippen LogP contribution in [0.5, 0.6) is 0 Å². The van der Waals surface area contributed by atoms with E-state index in [1.807, 2.05) is 11.8 Å². The molecule has 0 spiro atoms. The van der Waals surface area contributed by atoms with E-state index in [4.69, 9.17) is 12.2 Å². The zero-order valence-electron chi connectivity index (χ0n) is 16.4. The van der Waals surface area contributed by atoms with Crippen LogP contribution in [-0.2, 0) is 0 Å². The minimum atomic E-state index is 0.503. The lowest BCUT2D eigenvalue weighted by Crippen LogP contribution is -2.49. The Hall–Kier alpha value is -0.750. The van der Waals surface area contributed by atoms with Gasteiger partial charge < -0.3 is 15.5 Å². The van der Waals surface area contributed by atoms with E-state index in [1.54, 1.807) is 0 Å². The van der Waals surface area contributed by atoms with Crippen LogP contribution in [0.25, 0.3) is 0 Å². The van der Waals surface area contributed by atoms with Crippen LogP contribution in [0.4, 0.5) is 0 Å². The Balaban J connectivity index is 1.36. The Kier molecular flexibility index (Phi) is 6.98.